The van der Waals surface area contributed by atoms with E-state index in [4.69, 9.17) is 9.84 Å². The van der Waals surface area contributed by atoms with Crippen LogP contribution in [0, 0.1) is 23.0 Å². The molecule has 2 fully saturated rings. The second-order valence-electron chi connectivity index (χ2n) is 9.07. The number of anilines is 2. The zero-order valence-electron chi connectivity index (χ0n) is 19.6. The Hall–Kier alpha value is -4.03. The van der Waals surface area contributed by atoms with Crippen molar-refractivity contribution in [3.8, 4) is 17.3 Å². The molecule has 182 valence electrons. The summed E-state index contributed by atoms with van der Waals surface area (Å²) >= 11 is 0. The SMILES string of the molecule is N#Cc1ccc(-c2cnc3ccc(N4CCCC4c4cc(F)ccc4F)nn23)cc1N1CCOCC1. The molecule has 0 aliphatic carbocycles. The Morgan fingerprint density at radius 1 is 1.00 bits per heavy atom. The molecular formula is C27H24F2N6O. The first-order valence-corrected chi connectivity index (χ1v) is 12.1. The predicted octanol–water partition coefficient (Wildman–Crippen LogP) is 4.72. The smallest absolute Gasteiger partial charge is 0.154 e. The number of morpholine rings is 1. The van der Waals surface area contributed by atoms with Gasteiger partial charge >= 0.3 is 0 Å². The van der Waals surface area contributed by atoms with Crippen molar-refractivity contribution in [2.45, 2.75) is 18.9 Å². The van der Waals surface area contributed by atoms with Gasteiger partial charge in [-0.1, -0.05) is 6.07 Å². The van der Waals surface area contributed by atoms with Crippen LogP contribution in [0.3, 0.4) is 0 Å². The highest BCUT2D eigenvalue weighted by Crippen LogP contribution is 2.37. The maximum absolute atomic E-state index is 14.6. The lowest BCUT2D eigenvalue weighted by Crippen LogP contribution is -2.36. The molecule has 0 spiro atoms. The third kappa shape index (κ3) is 3.93. The number of imidazole rings is 1. The first kappa shape index (κ1) is 22.4. The monoisotopic (exact) mass is 486 g/mol. The Morgan fingerprint density at radius 3 is 2.69 bits per heavy atom. The molecule has 2 aromatic carbocycles. The van der Waals surface area contributed by atoms with Crippen molar-refractivity contribution in [1.29, 1.82) is 5.26 Å². The molecule has 36 heavy (non-hydrogen) atoms. The lowest BCUT2D eigenvalue weighted by molar-refractivity contribution is 0.122. The third-order valence-electron chi connectivity index (χ3n) is 6.98. The predicted molar refractivity (Wildman–Crippen MR) is 132 cm³/mol. The highest BCUT2D eigenvalue weighted by atomic mass is 19.1. The van der Waals surface area contributed by atoms with Crippen molar-refractivity contribution in [1.82, 2.24) is 14.6 Å². The maximum Gasteiger partial charge on any atom is 0.154 e. The van der Waals surface area contributed by atoms with Gasteiger partial charge in [0, 0.05) is 30.8 Å². The lowest BCUT2D eigenvalue weighted by atomic mass is 10.0. The second-order valence-corrected chi connectivity index (χ2v) is 9.07. The van der Waals surface area contributed by atoms with Crippen LogP contribution in [0.2, 0.25) is 0 Å². The lowest BCUT2D eigenvalue weighted by Gasteiger charge is -2.29. The molecule has 4 heterocycles. The Bertz CT molecular complexity index is 1470. The van der Waals surface area contributed by atoms with Crippen molar-refractivity contribution in [3.63, 3.8) is 0 Å². The summed E-state index contributed by atoms with van der Waals surface area (Å²) in [7, 11) is 0. The normalized spacial score (nSPS) is 18.1. The highest BCUT2D eigenvalue weighted by molar-refractivity contribution is 5.72. The van der Waals surface area contributed by atoms with Crippen LogP contribution >= 0.6 is 0 Å². The number of fused-ring (bicyclic) bond motifs is 1. The number of hydrogen-bond donors (Lipinski definition) is 0. The van der Waals surface area contributed by atoms with Crippen molar-refractivity contribution in [3.05, 3.63) is 77.5 Å². The third-order valence-corrected chi connectivity index (χ3v) is 6.98. The first-order valence-electron chi connectivity index (χ1n) is 12.1. The summed E-state index contributed by atoms with van der Waals surface area (Å²) < 4.78 is 35.8. The number of nitriles is 1. The van der Waals surface area contributed by atoms with E-state index in [9.17, 15) is 14.0 Å². The zero-order chi connectivity index (χ0) is 24.6. The number of nitrogens with zero attached hydrogens (tertiary/aromatic N) is 6. The summed E-state index contributed by atoms with van der Waals surface area (Å²) in [6.07, 6.45) is 3.34. The minimum atomic E-state index is -0.449. The topological polar surface area (TPSA) is 69.7 Å². The van der Waals surface area contributed by atoms with Gasteiger partial charge in [0.15, 0.2) is 5.65 Å². The molecule has 0 saturated carbocycles. The molecule has 4 aromatic rings. The fourth-order valence-electron chi connectivity index (χ4n) is 5.20. The Balaban J connectivity index is 1.39. The van der Waals surface area contributed by atoms with E-state index in [1.165, 1.54) is 12.1 Å². The summed E-state index contributed by atoms with van der Waals surface area (Å²) in [5.74, 6) is -0.184. The summed E-state index contributed by atoms with van der Waals surface area (Å²) in [4.78, 5) is 8.71. The van der Waals surface area contributed by atoms with Gasteiger partial charge < -0.3 is 14.5 Å². The molecule has 2 aromatic heterocycles. The average molecular weight is 487 g/mol. The number of hydrogen-bond acceptors (Lipinski definition) is 6. The van der Waals surface area contributed by atoms with Crippen LogP contribution in [0.1, 0.15) is 30.0 Å². The molecular weight excluding hydrogens is 462 g/mol. The zero-order valence-corrected chi connectivity index (χ0v) is 19.6. The van der Waals surface area contributed by atoms with Crippen molar-refractivity contribution in [2.24, 2.45) is 0 Å². The van der Waals surface area contributed by atoms with Crippen molar-refractivity contribution >= 4 is 17.2 Å². The number of halogens is 2. The van der Waals surface area contributed by atoms with E-state index in [0.717, 1.165) is 48.9 Å². The van der Waals surface area contributed by atoms with Crippen molar-refractivity contribution < 1.29 is 13.5 Å². The van der Waals surface area contributed by atoms with Crippen LogP contribution in [0.15, 0.2) is 54.7 Å². The number of aromatic nitrogens is 3. The maximum atomic E-state index is 14.6. The van der Waals surface area contributed by atoms with Crippen LogP contribution in [-0.4, -0.2) is 47.4 Å². The highest BCUT2D eigenvalue weighted by Gasteiger charge is 2.30. The number of rotatable bonds is 4. The van der Waals surface area contributed by atoms with E-state index in [1.54, 1.807) is 10.7 Å². The van der Waals surface area contributed by atoms with Gasteiger partial charge in [0.25, 0.3) is 0 Å². The van der Waals surface area contributed by atoms with E-state index < -0.39 is 11.6 Å². The molecule has 0 N–H and O–H groups in total. The van der Waals surface area contributed by atoms with Crippen LogP contribution in [0.4, 0.5) is 20.3 Å². The number of benzene rings is 2. The van der Waals surface area contributed by atoms with Crippen molar-refractivity contribution in [2.75, 3.05) is 42.6 Å². The molecule has 2 aliphatic rings. The number of ether oxygens (including phenoxy) is 1. The average Bonchev–Trinajstić information content (AvgIpc) is 3.57. The molecule has 0 radical (unpaired) electrons. The minimum Gasteiger partial charge on any atom is -0.378 e. The Labute approximate surface area is 207 Å². The minimum absolute atomic E-state index is 0.291. The van der Waals surface area contributed by atoms with E-state index >= 15 is 0 Å². The Morgan fingerprint density at radius 2 is 1.86 bits per heavy atom. The molecule has 1 unspecified atom stereocenters. The fraction of sp³-hybridized carbons (Fsp3) is 0.296. The quantitative estimate of drug-likeness (QED) is 0.416. The Kier molecular flexibility index (Phi) is 5.74. The van der Waals surface area contributed by atoms with E-state index in [-0.39, 0.29) is 6.04 Å². The van der Waals surface area contributed by atoms with E-state index in [0.29, 0.717) is 42.4 Å². The summed E-state index contributed by atoms with van der Waals surface area (Å²) in [6.45, 7) is 3.39. The van der Waals surface area contributed by atoms with Gasteiger partial charge in [0.05, 0.1) is 42.4 Å². The molecule has 0 amide bonds. The van der Waals surface area contributed by atoms with Gasteiger partial charge in [-0.25, -0.2) is 18.3 Å². The van der Waals surface area contributed by atoms with Crippen LogP contribution < -0.4 is 9.80 Å². The first-order chi connectivity index (χ1) is 17.6. The van der Waals surface area contributed by atoms with Gasteiger partial charge in [0.2, 0.25) is 0 Å². The van der Waals surface area contributed by atoms with Crippen LogP contribution in [-0.2, 0) is 4.74 Å². The van der Waals surface area contributed by atoms with Crippen LogP contribution in [0.5, 0.6) is 0 Å². The molecule has 7 nitrogen and oxygen atoms in total. The van der Waals surface area contributed by atoms with E-state index in [2.05, 4.69) is 16.0 Å². The second kappa shape index (κ2) is 9.21. The molecule has 2 aliphatic heterocycles. The van der Waals surface area contributed by atoms with Crippen LogP contribution in [0.25, 0.3) is 16.9 Å². The van der Waals surface area contributed by atoms with Gasteiger partial charge in [0.1, 0.15) is 23.5 Å². The summed E-state index contributed by atoms with van der Waals surface area (Å²) in [5.41, 5.74) is 4.19. The fourth-order valence-corrected chi connectivity index (χ4v) is 5.20. The standard InChI is InChI=1S/C27H24F2N6O/c28-20-5-6-22(29)21(15-20)23-2-1-9-34(23)27-8-7-26-31-17-25(35(26)32-27)18-3-4-19(16-30)24(14-18)33-10-12-36-13-11-33/h3-8,14-15,17,23H,1-2,9-13H2. The molecule has 6 rings (SSSR count). The molecule has 2 saturated heterocycles. The van der Waals surface area contributed by atoms with Gasteiger partial charge in [-0.3, -0.25) is 0 Å². The largest absolute Gasteiger partial charge is 0.378 e. The molecule has 1 atom stereocenters. The van der Waals surface area contributed by atoms with Gasteiger partial charge in [-0.15, -0.1) is 5.10 Å². The summed E-state index contributed by atoms with van der Waals surface area (Å²) in [5, 5.41) is 14.5. The van der Waals surface area contributed by atoms with Gasteiger partial charge in [-0.05, 0) is 55.3 Å². The molecule has 9 heteroatoms. The van der Waals surface area contributed by atoms with Gasteiger partial charge in [-0.2, -0.15) is 5.26 Å². The van der Waals surface area contributed by atoms with E-state index in [1.807, 2.05) is 35.2 Å². The molecule has 0 bridgehead atoms. The summed E-state index contributed by atoms with van der Waals surface area (Å²) in [6, 6.07) is 15.1.